The summed E-state index contributed by atoms with van der Waals surface area (Å²) in [4.78, 5) is 17.7. The summed E-state index contributed by atoms with van der Waals surface area (Å²) in [6, 6.07) is 3.37. The zero-order valence-electron chi connectivity index (χ0n) is 11.1. The topological polar surface area (TPSA) is 73.7 Å². The van der Waals surface area contributed by atoms with E-state index in [0.717, 1.165) is 0 Å². The first kappa shape index (κ1) is 15.2. The molecular weight excluding hydrogens is 244 g/mol. The van der Waals surface area contributed by atoms with Gasteiger partial charge in [-0.25, -0.2) is 4.98 Å². The highest BCUT2D eigenvalue weighted by atomic mass is 16.3. The molecule has 1 amide bonds. The van der Waals surface area contributed by atoms with Crippen molar-refractivity contribution in [3.8, 4) is 11.8 Å². The van der Waals surface area contributed by atoms with Crippen LogP contribution < -0.4 is 0 Å². The molecule has 0 bridgehead atoms. The molecule has 0 aliphatic rings. The fourth-order valence-corrected chi connectivity index (χ4v) is 1.47. The summed E-state index contributed by atoms with van der Waals surface area (Å²) in [5.74, 6) is 4.96. The Hall–Kier alpha value is -1.90. The second-order valence-corrected chi connectivity index (χ2v) is 4.22. The zero-order chi connectivity index (χ0) is 14.3. The molecule has 0 spiro atoms. The largest absolute Gasteiger partial charge is 0.393 e. The number of aliphatic hydroxyl groups is 2. The summed E-state index contributed by atoms with van der Waals surface area (Å²) in [5.41, 5.74) is 0.752. The lowest BCUT2D eigenvalue weighted by atomic mass is 10.1. The molecule has 0 radical (unpaired) electrons. The molecule has 0 fully saturated rings. The number of hydrogen-bond acceptors (Lipinski definition) is 4. The number of rotatable bonds is 4. The predicted molar refractivity (Wildman–Crippen MR) is 71.5 cm³/mol. The van der Waals surface area contributed by atoms with Gasteiger partial charge in [0, 0.05) is 19.8 Å². The Labute approximate surface area is 112 Å². The second kappa shape index (κ2) is 7.52. The molecular formula is C14H18N2O3. The molecule has 19 heavy (non-hydrogen) atoms. The van der Waals surface area contributed by atoms with Crippen LogP contribution in [-0.2, 0) is 0 Å². The van der Waals surface area contributed by atoms with E-state index in [2.05, 4.69) is 16.8 Å². The van der Waals surface area contributed by atoms with Gasteiger partial charge in [-0.3, -0.25) is 4.79 Å². The molecule has 0 aromatic carbocycles. The van der Waals surface area contributed by atoms with Gasteiger partial charge in [-0.2, -0.15) is 0 Å². The van der Waals surface area contributed by atoms with Gasteiger partial charge in [0.1, 0.15) is 12.3 Å². The van der Waals surface area contributed by atoms with Gasteiger partial charge in [0.05, 0.1) is 11.7 Å². The average Bonchev–Trinajstić information content (AvgIpc) is 2.42. The van der Waals surface area contributed by atoms with Gasteiger partial charge in [-0.15, -0.1) is 0 Å². The van der Waals surface area contributed by atoms with Crippen LogP contribution in [0.3, 0.4) is 0 Å². The van der Waals surface area contributed by atoms with Crippen LogP contribution >= 0.6 is 0 Å². The Morgan fingerprint density at radius 3 is 2.95 bits per heavy atom. The van der Waals surface area contributed by atoms with Gasteiger partial charge >= 0.3 is 0 Å². The summed E-state index contributed by atoms with van der Waals surface area (Å²) in [6.45, 7) is 1.86. The molecule has 0 aliphatic heterocycles. The van der Waals surface area contributed by atoms with Crippen molar-refractivity contribution in [2.75, 3.05) is 20.2 Å². The molecule has 2 N–H and O–H groups in total. The number of aliphatic hydroxyl groups excluding tert-OH is 2. The van der Waals surface area contributed by atoms with E-state index in [9.17, 15) is 9.90 Å². The molecule has 1 aromatic rings. The molecule has 0 saturated carbocycles. The minimum Gasteiger partial charge on any atom is -0.393 e. The van der Waals surface area contributed by atoms with E-state index >= 15 is 0 Å². The monoisotopic (exact) mass is 262 g/mol. The van der Waals surface area contributed by atoms with E-state index in [1.165, 1.54) is 11.1 Å². The Bertz CT molecular complexity index is 489. The van der Waals surface area contributed by atoms with E-state index in [1.807, 2.05) is 0 Å². The molecule has 1 atom stereocenters. The lowest BCUT2D eigenvalue weighted by molar-refractivity contribution is 0.0763. The Morgan fingerprint density at radius 2 is 2.32 bits per heavy atom. The van der Waals surface area contributed by atoms with Gasteiger partial charge in [-0.1, -0.05) is 11.8 Å². The van der Waals surface area contributed by atoms with Crippen molar-refractivity contribution < 1.29 is 15.0 Å². The molecule has 0 aliphatic carbocycles. The van der Waals surface area contributed by atoms with Gasteiger partial charge in [0.2, 0.25) is 0 Å². The number of nitrogens with zero attached hydrogens (tertiary/aromatic N) is 2. The van der Waals surface area contributed by atoms with E-state index in [1.54, 1.807) is 26.1 Å². The van der Waals surface area contributed by atoms with E-state index in [0.29, 0.717) is 18.5 Å². The first-order chi connectivity index (χ1) is 9.06. The molecule has 0 saturated heterocycles. The van der Waals surface area contributed by atoms with Crippen molar-refractivity contribution in [1.29, 1.82) is 0 Å². The Balaban J connectivity index is 2.87. The van der Waals surface area contributed by atoms with Crippen molar-refractivity contribution in [2.45, 2.75) is 19.4 Å². The van der Waals surface area contributed by atoms with Gasteiger partial charge < -0.3 is 15.1 Å². The van der Waals surface area contributed by atoms with Crippen molar-refractivity contribution in [3.63, 3.8) is 0 Å². The molecule has 102 valence electrons. The quantitative estimate of drug-likeness (QED) is 0.764. The maximum atomic E-state index is 12.2. The molecule has 5 nitrogen and oxygen atoms in total. The number of amides is 1. The maximum Gasteiger partial charge on any atom is 0.273 e. The van der Waals surface area contributed by atoms with Crippen LogP contribution in [0.5, 0.6) is 0 Å². The predicted octanol–water partition coefficient (Wildman–Crippen LogP) is 0.268. The molecule has 1 heterocycles. The summed E-state index contributed by atoms with van der Waals surface area (Å²) in [5, 5.41) is 17.9. The van der Waals surface area contributed by atoms with E-state index < -0.39 is 6.10 Å². The Kier molecular flexibility index (Phi) is 6.00. The van der Waals surface area contributed by atoms with Crippen molar-refractivity contribution in [3.05, 3.63) is 29.6 Å². The number of carbonyl (C=O) groups excluding carboxylic acids is 1. The number of carbonyl (C=O) groups is 1. The fraction of sp³-hybridized carbons (Fsp3) is 0.429. The lowest BCUT2D eigenvalue weighted by Crippen LogP contribution is -2.30. The van der Waals surface area contributed by atoms with Crippen LogP contribution in [0.4, 0.5) is 0 Å². The van der Waals surface area contributed by atoms with E-state index in [4.69, 9.17) is 5.11 Å². The minimum atomic E-state index is -0.451. The summed E-state index contributed by atoms with van der Waals surface area (Å²) < 4.78 is 0. The van der Waals surface area contributed by atoms with Gasteiger partial charge in [-0.05, 0) is 25.5 Å². The second-order valence-electron chi connectivity index (χ2n) is 4.22. The average molecular weight is 262 g/mol. The first-order valence-corrected chi connectivity index (χ1v) is 6.04. The fourth-order valence-electron chi connectivity index (χ4n) is 1.47. The highest BCUT2D eigenvalue weighted by Crippen LogP contribution is 2.07. The zero-order valence-corrected chi connectivity index (χ0v) is 11.1. The molecule has 1 aromatic heterocycles. The van der Waals surface area contributed by atoms with Crippen molar-refractivity contribution in [2.24, 2.45) is 0 Å². The number of aromatic nitrogens is 1. The van der Waals surface area contributed by atoms with Gasteiger partial charge in [0.25, 0.3) is 5.91 Å². The van der Waals surface area contributed by atoms with E-state index in [-0.39, 0.29) is 18.2 Å². The highest BCUT2D eigenvalue weighted by molar-refractivity contribution is 5.94. The van der Waals surface area contributed by atoms with Crippen LogP contribution in [0.1, 0.15) is 29.4 Å². The maximum absolute atomic E-state index is 12.2. The van der Waals surface area contributed by atoms with Crippen LogP contribution in [-0.4, -0.2) is 52.3 Å². The third-order valence-corrected chi connectivity index (χ3v) is 2.54. The van der Waals surface area contributed by atoms with Crippen LogP contribution in [0.25, 0.3) is 0 Å². The normalized spacial score (nSPS) is 11.4. The standard InChI is InChI=1S/C14H18N2O3/c1-11(18)7-9-16(2)14(19)13-12(6-4-10-17)5-3-8-15-13/h3,5,8,11,17-18H,7,9-10H2,1-2H3. The highest BCUT2D eigenvalue weighted by Gasteiger charge is 2.16. The van der Waals surface area contributed by atoms with Gasteiger partial charge in [0.15, 0.2) is 0 Å². The third kappa shape index (κ3) is 4.70. The van der Waals surface area contributed by atoms with Crippen LogP contribution in [0, 0.1) is 11.8 Å². The minimum absolute atomic E-state index is 0.247. The number of pyridine rings is 1. The summed E-state index contributed by atoms with van der Waals surface area (Å²) >= 11 is 0. The number of hydrogen-bond donors (Lipinski definition) is 2. The first-order valence-electron chi connectivity index (χ1n) is 6.04. The summed E-state index contributed by atoms with van der Waals surface area (Å²) in [7, 11) is 1.66. The van der Waals surface area contributed by atoms with Crippen molar-refractivity contribution in [1.82, 2.24) is 9.88 Å². The smallest absolute Gasteiger partial charge is 0.273 e. The van der Waals surface area contributed by atoms with Crippen molar-refractivity contribution >= 4 is 5.91 Å². The molecule has 5 heteroatoms. The van der Waals surface area contributed by atoms with Crippen LogP contribution in [0.15, 0.2) is 18.3 Å². The Morgan fingerprint density at radius 1 is 1.58 bits per heavy atom. The third-order valence-electron chi connectivity index (χ3n) is 2.54. The van der Waals surface area contributed by atoms with Crippen LogP contribution in [0.2, 0.25) is 0 Å². The molecule has 1 rings (SSSR count). The lowest BCUT2D eigenvalue weighted by Gasteiger charge is -2.18. The molecule has 1 unspecified atom stereocenters. The summed E-state index contributed by atoms with van der Waals surface area (Å²) in [6.07, 6.45) is 1.58. The SMILES string of the molecule is CC(O)CCN(C)C(=O)c1ncccc1C#CCO.